The van der Waals surface area contributed by atoms with Crippen LogP contribution in [-0.4, -0.2) is 5.60 Å². The molecule has 0 radical (unpaired) electrons. The number of ether oxygens (including phenoxy) is 2. The predicted octanol–water partition coefficient (Wildman–Crippen LogP) is 19.4. The molecule has 0 saturated heterocycles. The van der Waals surface area contributed by atoms with Crippen molar-refractivity contribution in [2.45, 2.75) is 184 Å². The van der Waals surface area contributed by atoms with E-state index >= 15 is 0 Å². The largest absolute Gasteiger partial charge is 0.691 e. The van der Waals surface area contributed by atoms with Gasteiger partial charge in [0, 0.05) is 9.79 Å². The first-order valence-electron chi connectivity index (χ1n) is 28.1. The van der Waals surface area contributed by atoms with Crippen LogP contribution in [0, 0.1) is 0 Å². The van der Waals surface area contributed by atoms with Crippen LogP contribution in [0.3, 0.4) is 0 Å². The fourth-order valence-electron chi connectivity index (χ4n) is 9.04. The van der Waals surface area contributed by atoms with Crippen LogP contribution in [0.2, 0.25) is 0 Å². The Kier molecular flexibility index (Phi) is 25.6. The Bertz CT molecular complexity index is 2960. The van der Waals surface area contributed by atoms with E-state index in [1.54, 1.807) is 0 Å². The van der Waals surface area contributed by atoms with Gasteiger partial charge in [0.2, 0.25) is 9.79 Å². The summed E-state index contributed by atoms with van der Waals surface area (Å²) in [4.78, 5) is 9.82. The quantitative estimate of drug-likeness (QED) is 0.0379. The van der Waals surface area contributed by atoms with Gasteiger partial charge in [0.1, 0.15) is 22.2 Å². The Labute approximate surface area is 504 Å². The Morgan fingerprint density at radius 3 is 1.07 bits per heavy atom. The van der Waals surface area contributed by atoms with Crippen molar-refractivity contribution in [3.8, 4) is 17.2 Å². The topological polar surface area (TPSA) is 102 Å². The third-order valence-electron chi connectivity index (χ3n) is 13.2. The summed E-state index contributed by atoms with van der Waals surface area (Å²) in [7, 11) is -0.185. The van der Waals surface area contributed by atoms with E-state index in [1.807, 2.05) is 24.3 Å². The summed E-state index contributed by atoms with van der Waals surface area (Å²) in [6, 6.07) is 66.0. The van der Waals surface area contributed by atoms with Gasteiger partial charge >= 0.3 is 0 Å². The number of para-hydroxylation sites is 2. The zero-order chi connectivity index (χ0) is 59.5. The van der Waals surface area contributed by atoms with E-state index in [0.29, 0.717) is 35.5 Å². The molecular weight excluding hydrogens is 1100 g/mol. The summed E-state index contributed by atoms with van der Waals surface area (Å²) in [5.74, 6) is 5.29. The lowest BCUT2D eigenvalue weighted by molar-refractivity contribution is -0.777. The van der Waals surface area contributed by atoms with Crippen LogP contribution in [-0.2, 0) is 40.5 Å². The second kappa shape index (κ2) is 32.0. The lowest BCUT2D eigenvalue weighted by Gasteiger charge is -2.21. The predicted molar refractivity (Wildman–Crippen MR) is 337 cm³/mol. The molecule has 12 heteroatoms. The molecule has 0 aliphatic carbocycles. The molecule has 434 valence electrons. The number of hydrogen-bond donors (Lipinski definition) is 0. The zero-order valence-electron chi connectivity index (χ0n) is 50.3. The average molecular weight is 1180 g/mol. The molecule has 1 aliphatic heterocycles. The second-order valence-electron chi connectivity index (χ2n) is 22.7. The van der Waals surface area contributed by atoms with Gasteiger partial charge in [-0.2, -0.15) is 8.67 Å². The molecule has 1 heterocycles. The molecule has 0 N–H and O–H groups in total. The van der Waals surface area contributed by atoms with Crippen LogP contribution < -0.4 is 20.0 Å². The Morgan fingerprint density at radius 1 is 0.415 bits per heavy atom. The highest BCUT2D eigenvalue weighted by Crippen LogP contribution is 2.47. The van der Waals surface area contributed by atoms with E-state index in [0.717, 1.165) is 51.1 Å². The minimum atomic E-state index is -0.179. The zero-order valence-corrected chi connectivity index (χ0v) is 53.5. The summed E-state index contributed by atoms with van der Waals surface area (Å²) in [5.41, 5.74) is 7.28. The number of benzene rings is 8. The standard InChI is InChI=1S/C22H23OS.C18H13OS.2C15H24O3S/c1-22(2,3)23-18-14-16-21(17-15-18)24(19-10-6-4-7-11-19)20-12-8-5-9-13-20;1-2-8-14(9-3-1)20-17-12-6-4-10-15(17)19-16-11-5-7-13-18(16)20;2*1-9(2)12-7-13(10(3)4)15(19-18-17-16)14(8-12)11(5)6/h4-17H,1-3H3;1-13H;2*7-11,16H,1-6H3/q2*+1;;/p-2. The van der Waals surface area contributed by atoms with E-state index in [4.69, 9.17) is 9.47 Å². The molecular formula is C70H82O8S4. The molecule has 1 aliphatic rings. The average Bonchev–Trinajstić information content (AvgIpc) is 3.63. The van der Waals surface area contributed by atoms with Crippen LogP contribution in [0.5, 0.6) is 17.2 Å². The first-order valence-corrected chi connectivity index (χ1v) is 32.1. The van der Waals surface area contributed by atoms with Gasteiger partial charge in [0.15, 0.2) is 31.1 Å². The highest BCUT2D eigenvalue weighted by molar-refractivity contribution is 7.97. The van der Waals surface area contributed by atoms with Gasteiger partial charge in [-0.3, -0.25) is 10.1 Å². The molecule has 0 spiro atoms. The van der Waals surface area contributed by atoms with Gasteiger partial charge < -0.3 is 20.0 Å². The van der Waals surface area contributed by atoms with Crippen LogP contribution in [0.15, 0.2) is 227 Å². The van der Waals surface area contributed by atoms with Gasteiger partial charge in [-0.05, 0) is 175 Å². The summed E-state index contributed by atoms with van der Waals surface area (Å²) in [6.45, 7) is 32.1. The molecule has 0 amide bonds. The molecule has 0 unspecified atom stereocenters. The SMILES string of the molecule is CC(C)(C)Oc1ccc([S+](c2ccccc2)c2ccccc2)cc1.CC(C)c1cc(C(C)C)c(SOO[O-])c(C(C)C)c1.CC(C)c1cc(C(C)C)c(SOO[O-])c(C(C)C)c1.c1ccc([S+]2c3ccccc3Oc3ccccc32)cc1. The van der Waals surface area contributed by atoms with Crippen molar-refractivity contribution < 1.29 is 38.7 Å². The monoisotopic (exact) mass is 1180 g/mol. The van der Waals surface area contributed by atoms with E-state index in [-0.39, 0.29) is 27.4 Å². The van der Waals surface area contributed by atoms with Gasteiger partial charge in [-0.1, -0.05) is 186 Å². The molecule has 0 aromatic heterocycles. The maximum atomic E-state index is 10.1. The molecule has 8 aromatic rings. The van der Waals surface area contributed by atoms with Crippen LogP contribution in [0.1, 0.15) is 173 Å². The summed E-state index contributed by atoms with van der Waals surface area (Å²) >= 11 is 2.03. The minimum absolute atomic E-state index is 0.0829. The molecule has 82 heavy (non-hydrogen) atoms. The Morgan fingerprint density at radius 2 is 0.744 bits per heavy atom. The maximum Gasteiger partial charge on any atom is 0.209 e. The number of fused-ring (bicyclic) bond motifs is 2. The fraction of sp³-hybridized carbons (Fsp3) is 0.314. The molecule has 0 bridgehead atoms. The number of hydrogen-bond acceptors (Lipinski definition) is 10. The van der Waals surface area contributed by atoms with Gasteiger partial charge in [-0.15, -0.1) is 0 Å². The smallest absolute Gasteiger partial charge is 0.209 e. The normalized spacial score (nSPS) is 12.1. The summed E-state index contributed by atoms with van der Waals surface area (Å²) in [6.07, 6.45) is 0. The summed E-state index contributed by atoms with van der Waals surface area (Å²) < 4.78 is 21.1. The van der Waals surface area contributed by atoms with Crippen molar-refractivity contribution >= 4 is 45.9 Å². The van der Waals surface area contributed by atoms with E-state index in [2.05, 4.69) is 286 Å². The highest BCUT2D eigenvalue weighted by atomic mass is 32.2. The molecule has 0 saturated carbocycles. The van der Waals surface area contributed by atoms with Crippen LogP contribution in [0.4, 0.5) is 0 Å². The van der Waals surface area contributed by atoms with Gasteiger partial charge in [0.25, 0.3) is 0 Å². The lowest BCUT2D eigenvalue weighted by atomic mass is 9.89. The van der Waals surface area contributed by atoms with Crippen molar-refractivity contribution in [1.82, 2.24) is 0 Å². The lowest BCUT2D eigenvalue weighted by Crippen LogP contribution is -2.22. The minimum Gasteiger partial charge on any atom is -0.691 e. The van der Waals surface area contributed by atoms with E-state index in [9.17, 15) is 10.5 Å². The molecule has 0 atom stereocenters. The van der Waals surface area contributed by atoms with Crippen LogP contribution in [0.25, 0.3) is 0 Å². The Hall–Kier alpha value is -5.48. The second-order valence-corrected chi connectivity index (χ2v) is 28.1. The third kappa shape index (κ3) is 18.5. The molecule has 8 aromatic carbocycles. The third-order valence-corrected chi connectivity index (χ3v) is 19.3. The van der Waals surface area contributed by atoms with Crippen molar-refractivity contribution in [2.75, 3.05) is 0 Å². The maximum absolute atomic E-state index is 10.1. The van der Waals surface area contributed by atoms with Crippen molar-refractivity contribution in [2.24, 2.45) is 0 Å². The van der Waals surface area contributed by atoms with Gasteiger partial charge in [-0.25, -0.2) is 0 Å². The molecule has 9 rings (SSSR count). The van der Waals surface area contributed by atoms with Crippen molar-refractivity contribution in [3.63, 3.8) is 0 Å². The van der Waals surface area contributed by atoms with Crippen molar-refractivity contribution in [3.05, 3.63) is 221 Å². The van der Waals surface area contributed by atoms with Crippen molar-refractivity contribution in [1.29, 1.82) is 0 Å². The Balaban J connectivity index is 0.000000177. The van der Waals surface area contributed by atoms with E-state index in [1.165, 1.54) is 62.8 Å². The first-order chi connectivity index (χ1) is 39.2. The van der Waals surface area contributed by atoms with E-state index < -0.39 is 0 Å². The first kappa shape index (κ1) is 65.7. The molecule has 0 fully saturated rings. The highest BCUT2D eigenvalue weighted by Gasteiger charge is 2.39. The summed E-state index contributed by atoms with van der Waals surface area (Å²) in [5, 5.41) is 27.2. The fourth-order valence-corrected chi connectivity index (χ4v) is 15.1. The molecule has 8 nitrogen and oxygen atoms in total. The number of rotatable bonds is 17. The van der Waals surface area contributed by atoms with Gasteiger partial charge in [0.05, 0.1) is 35.0 Å². The van der Waals surface area contributed by atoms with Crippen LogP contribution >= 0.6 is 24.1 Å².